The largest absolute Gasteiger partial charge is 0.369 e. The van der Waals surface area contributed by atoms with Crippen LogP contribution in [0.1, 0.15) is 52.1 Å². The van der Waals surface area contributed by atoms with Crippen molar-refractivity contribution in [2.45, 2.75) is 32.0 Å². The van der Waals surface area contributed by atoms with Gasteiger partial charge in [-0.2, -0.15) is 0 Å². The fraction of sp³-hybridized carbons (Fsp3) is 0.318. The van der Waals surface area contributed by atoms with Crippen molar-refractivity contribution < 1.29 is 19.1 Å². The van der Waals surface area contributed by atoms with Gasteiger partial charge in [0.1, 0.15) is 5.78 Å². The highest BCUT2D eigenvalue weighted by atomic mass is 16.5. The molecule has 2 aromatic rings. The van der Waals surface area contributed by atoms with Crippen LogP contribution < -0.4 is 0 Å². The molecular weight excluding hydrogens is 328 g/mol. The molecule has 4 nitrogen and oxygen atoms in total. The molecule has 0 heterocycles. The molecule has 1 fully saturated rings. The fourth-order valence-electron chi connectivity index (χ4n) is 4.16. The first kappa shape index (κ1) is 16.9. The summed E-state index contributed by atoms with van der Waals surface area (Å²) in [4.78, 5) is 38.2. The number of carbonyl (C=O) groups is 3. The number of hydrogen-bond acceptors (Lipinski definition) is 4. The van der Waals surface area contributed by atoms with Crippen LogP contribution >= 0.6 is 0 Å². The molecule has 26 heavy (non-hydrogen) atoms. The van der Waals surface area contributed by atoms with E-state index < -0.39 is 17.9 Å². The van der Waals surface area contributed by atoms with Crippen LogP contribution in [0.4, 0.5) is 0 Å². The summed E-state index contributed by atoms with van der Waals surface area (Å²) < 4.78 is 6.16. The Morgan fingerprint density at radius 3 is 2.15 bits per heavy atom. The number of ether oxygens (including phenoxy) is 1. The topological polar surface area (TPSA) is 60.4 Å². The molecule has 0 bridgehead atoms. The van der Waals surface area contributed by atoms with E-state index in [-0.39, 0.29) is 36.3 Å². The van der Waals surface area contributed by atoms with Gasteiger partial charge in [0.2, 0.25) is 0 Å². The summed E-state index contributed by atoms with van der Waals surface area (Å²) in [7, 11) is 0. The van der Waals surface area contributed by atoms with Gasteiger partial charge >= 0.3 is 0 Å². The lowest BCUT2D eigenvalue weighted by molar-refractivity contribution is -0.131. The SMILES string of the molecule is C[C@H](O[C@@H]1CC(=O)C[C@H]2C(=O)c3ccccc3C(=O)[C@H]12)c1ccccc1. The average molecular weight is 348 g/mol. The molecule has 132 valence electrons. The third-order valence-corrected chi connectivity index (χ3v) is 5.46. The summed E-state index contributed by atoms with van der Waals surface area (Å²) in [5.41, 5.74) is 1.87. The van der Waals surface area contributed by atoms with E-state index in [1.165, 1.54) is 0 Å². The van der Waals surface area contributed by atoms with E-state index in [1.54, 1.807) is 24.3 Å². The van der Waals surface area contributed by atoms with Crippen LogP contribution in [0.5, 0.6) is 0 Å². The Labute approximate surface area is 152 Å². The van der Waals surface area contributed by atoms with E-state index in [1.807, 2.05) is 37.3 Å². The number of Topliss-reactive ketones (excluding diaryl/α,β-unsaturated/α-hetero) is 3. The molecule has 0 saturated heterocycles. The van der Waals surface area contributed by atoms with Gasteiger partial charge in [0, 0.05) is 29.9 Å². The normalized spacial score (nSPS) is 26.2. The molecule has 4 rings (SSSR count). The van der Waals surface area contributed by atoms with Crippen LogP contribution in [0, 0.1) is 11.8 Å². The Kier molecular flexibility index (Phi) is 4.29. The molecule has 4 atom stereocenters. The van der Waals surface area contributed by atoms with Crippen molar-refractivity contribution in [1.82, 2.24) is 0 Å². The highest BCUT2D eigenvalue weighted by Gasteiger charge is 2.50. The van der Waals surface area contributed by atoms with Gasteiger partial charge in [0.05, 0.1) is 18.1 Å². The molecule has 0 aromatic heterocycles. The zero-order chi connectivity index (χ0) is 18.3. The molecule has 0 amide bonds. The molecule has 0 aliphatic heterocycles. The van der Waals surface area contributed by atoms with Gasteiger partial charge in [-0.15, -0.1) is 0 Å². The maximum absolute atomic E-state index is 13.1. The van der Waals surface area contributed by atoms with Gasteiger partial charge in [0.25, 0.3) is 0 Å². The predicted octanol–water partition coefficient (Wildman–Crippen LogP) is 3.81. The van der Waals surface area contributed by atoms with E-state index in [0.717, 1.165) is 5.56 Å². The first-order chi connectivity index (χ1) is 12.6. The number of hydrogen-bond donors (Lipinski definition) is 0. The summed E-state index contributed by atoms with van der Waals surface area (Å²) in [5.74, 6) is -1.40. The van der Waals surface area contributed by atoms with Crippen LogP contribution in [0.15, 0.2) is 54.6 Å². The van der Waals surface area contributed by atoms with E-state index in [0.29, 0.717) is 11.1 Å². The minimum absolute atomic E-state index is 0.0166. The maximum Gasteiger partial charge on any atom is 0.170 e. The Balaban J connectivity index is 1.67. The number of ketones is 3. The molecule has 0 radical (unpaired) electrons. The van der Waals surface area contributed by atoms with Gasteiger partial charge in [-0.05, 0) is 12.5 Å². The summed E-state index contributed by atoms with van der Waals surface area (Å²) in [5, 5.41) is 0. The Morgan fingerprint density at radius 1 is 0.846 bits per heavy atom. The van der Waals surface area contributed by atoms with Gasteiger partial charge < -0.3 is 4.74 Å². The summed E-state index contributed by atoms with van der Waals surface area (Å²) >= 11 is 0. The first-order valence-corrected chi connectivity index (χ1v) is 8.96. The van der Waals surface area contributed by atoms with Crippen molar-refractivity contribution in [2.75, 3.05) is 0 Å². The zero-order valence-corrected chi connectivity index (χ0v) is 14.6. The second-order valence-corrected chi connectivity index (χ2v) is 7.08. The number of benzene rings is 2. The Hall–Kier alpha value is -2.59. The minimum Gasteiger partial charge on any atom is -0.369 e. The molecule has 0 unspecified atom stereocenters. The predicted molar refractivity (Wildman–Crippen MR) is 96.1 cm³/mol. The lowest BCUT2D eigenvalue weighted by atomic mass is 9.65. The Morgan fingerprint density at radius 2 is 1.46 bits per heavy atom. The quantitative estimate of drug-likeness (QED) is 0.846. The fourth-order valence-corrected chi connectivity index (χ4v) is 4.16. The third-order valence-electron chi connectivity index (χ3n) is 5.46. The van der Waals surface area contributed by atoms with Crippen molar-refractivity contribution in [3.8, 4) is 0 Å². The highest BCUT2D eigenvalue weighted by molar-refractivity contribution is 6.17. The molecule has 2 aliphatic carbocycles. The molecule has 2 aliphatic rings. The molecular formula is C22H20O4. The maximum atomic E-state index is 13.1. The van der Waals surface area contributed by atoms with Gasteiger partial charge in [-0.3, -0.25) is 14.4 Å². The smallest absolute Gasteiger partial charge is 0.170 e. The molecule has 0 spiro atoms. The molecule has 1 saturated carbocycles. The Bertz CT molecular complexity index is 871. The summed E-state index contributed by atoms with van der Waals surface area (Å²) in [6, 6.07) is 16.6. The first-order valence-electron chi connectivity index (χ1n) is 8.96. The summed E-state index contributed by atoms with van der Waals surface area (Å²) in [6.07, 6.45) is -0.517. The van der Waals surface area contributed by atoms with Crippen molar-refractivity contribution in [3.63, 3.8) is 0 Å². The van der Waals surface area contributed by atoms with Crippen molar-refractivity contribution in [2.24, 2.45) is 11.8 Å². The van der Waals surface area contributed by atoms with Crippen molar-refractivity contribution in [1.29, 1.82) is 0 Å². The summed E-state index contributed by atoms with van der Waals surface area (Å²) in [6.45, 7) is 1.91. The molecule has 2 aromatic carbocycles. The van der Waals surface area contributed by atoms with Crippen LogP contribution in [0.25, 0.3) is 0 Å². The lowest BCUT2D eigenvalue weighted by Gasteiger charge is -2.39. The zero-order valence-electron chi connectivity index (χ0n) is 14.6. The number of rotatable bonds is 3. The van der Waals surface area contributed by atoms with Crippen LogP contribution in [-0.2, 0) is 9.53 Å². The van der Waals surface area contributed by atoms with E-state index in [2.05, 4.69) is 0 Å². The number of carbonyl (C=O) groups excluding carboxylic acids is 3. The monoisotopic (exact) mass is 348 g/mol. The standard InChI is InChI=1S/C22H20O4/c1-13(14-7-3-2-4-8-14)26-19-12-15(23)11-18-20(19)22(25)17-10-6-5-9-16(17)21(18)24/h2-10,13,18-20H,11-12H2,1H3/t13-,18+,19+,20-/m0/s1. The lowest BCUT2D eigenvalue weighted by Crippen LogP contribution is -2.49. The highest BCUT2D eigenvalue weighted by Crippen LogP contribution is 2.41. The average Bonchev–Trinajstić information content (AvgIpc) is 2.66. The molecule has 4 heteroatoms. The van der Waals surface area contributed by atoms with Gasteiger partial charge in [-0.25, -0.2) is 0 Å². The third kappa shape index (κ3) is 2.80. The van der Waals surface area contributed by atoms with Crippen LogP contribution in [-0.4, -0.2) is 23.5 Å². The van der Waals surface area contributed by atoms with Gasteiger partial charge in [0.15, 0.2) is 11.6 Å². The second kappa shape index (κ2) is 6.61. The van der Waals surface area contributed by atoms with Crippen molar-refractivity contribution >= 4 is 17.3 Å². The number of fused-ring (bicyclic) bond motifs is 2. The molecule has 0 N–H and O–H groups in total. The van der Waals surface area contributed by atoms with E-state index in [4.69, 9.17) is 4.74 Å². The minimum atomic E-state index is -0.605. The van der Waals surface area contributed by atoms with E-state index in [9.17, 15) is 14.4 Å². The van der Waals surface area contributed by atoms with Crippen molar-refractivity contribution in [3.05, 3.63) is 71.3 Å². The van der Waals surface area contributed by atoms with E-state index >= 15 is 0 Å². The van der Waals surface area contributed by atoms with Crippen LogP contribution in [0.2, 0.25) is 0 Å². The second-order valence-electron chi connectivity index (χ2n) is 7.08. The van der Waals surface area contributed by atoms with Crippen LogP contribution in [0.3, 0.4) is 0 Å². The van der Waals surface area contributed by atoms with Gasteiger partial charge in [-0.1, -0.05) is 54.6 Å².